The molecule has 6 nitrogen and oxygen atoms in total. The number of carbonyl (C=O) groups excluding carboxylic acids is 2. The Kier molecular flexibility index (Phi) is 4.19. The van der Waals surface area contributed by atoms with Crippen LogP contribution >= 0.6 is 11.6 Å². The molecule has 8 heteroatoms. The first-order chi connectivity index (χ1) is 11.4. The van der Waals surface area contributed by atoms with Gasteiger partial charge < -0.3 is 19.5 Å². The number of halogens is 2. The molecule has 1 aromatic carbocycles. The van der Waals surface area contributed by atoms with Crippen LogP contribution < -0.4 is 5.32 Å². The number of methoxy groups -OCH3 is 1. The summed E-state index contributed by atoms with van der Waals surface area (Å²) < 4.78 is 29.3. The van der Waals surface area contributed by atoms with Crippen LogP contribution in [0.1, 0.15) is 18.4 Å². The number of carbonyl (C=O) groups is 2. The molecule has 2 aliphatic rings. The van der Waals surface area contributed by atoms with Gasteiger partial charge in [-0.15, -0.1) is 0 Å². The maximum Gasteiger partial charge on any atom is 0.513 e. The lowest BCUT2D eigenvalue weighted by atomic mass is 9.85. The largest absolute Gasteiger partial charge is 0.513 e. The maximum absolute atomic E-state index is 14.6. The molecule has 0 amide bonds. The van der Waals surface area contributed by atoms with Gasteiger partial charge in [-0.1, -0.05) is 23.7 Å². The fraction of sp³-hybridized carbons (Fsp3) is 0.250. The third kappa shape index (κ3) is 2.60. The first kappa shape index (κ1) is 16.3. The Labute approximate surface area is 141 Å². The Morgan fingerprint density at radius 2 is 2.21 bits per heavy atom. The summed E-state index contributed by atoms with van der Waals surface area (Å²) in [6.45, 7) is 1.68. The summed E-state index contributed by atoms with van der Waals surface area (Å²) in [7, 11) is 1.15. The Balaban J connectivity index is 2.17. The quantitative estimate of drug-likeness (QED) is 0.824. The Morgan fingerprint density at radius 3 is 2.92 bits per heavy atom. The van der Waals surface area contributed by atoms with Gasteiger partial charge in [0.05, 0.1) is 35.0 Å². The normalized spacial score (nSPS) is 19.7. The zero-order valence-corrected chi connectivity index (χ0v) is 13.6. The summed E-state index contributed by atoms with van der Waals surface area (Å²) in [4.78, 5) is 23.7. The molecule has 24 heavy (non-hydrogen) atoms. The van der Waals surface area contributed by atoms with Crippen LogP contribution in [-0.2, 0) is 19.0 Å². The minimum atomic E-state index is -0.978. The SMILES string of the molecule is COC(=O)OC1=C(C)NC2=C(C(=O)OC2)C1c1cccc(Cl)c1F. The van der Waals surface area contributed by atoms with Crippen LogP contribution in [0.5, 0.6) is 0 Å². The van der Waals surface area contributed by atoms with Gasteiger partial charge in [-0.3, -0.25) is 0 Å². The molecule has 0 saturated heterocycles. The van der Waals surface area contributed by atoms with Crippen molar-refractivity contribution in [1.29, 1.82) is 0 Å². The molecule has 1 atom stereocenters. The van der Waals surface area contributed by atoms with Gasteiger partial charge in [-0.2, -0.15) is 0 Å². The average molecular weight is 354 g/mol. The molecule has 0 aromatic heterocycles. The van der Waals surface area contributed by atoms with E-state index in [4.69, 9.17) is 21.1 Å². The molecule has 3 rings (SSSR count). The summed E-state index contributed by atoms with van der Waals surface area (Å²) in [6, 6.07) is 4.41. The highest BCUT2D eigenvalue weighted by Crippen LogP contribution is 2.43. The second-order valence-electron chi connectivity index (χ2n) is 5.21. The highest BCUT2D eigenvalue weighted by molar-refractivity contribution is 6.30. The minimum absolute atomic E-state index is 0.0374. The number of nitrogens with one attached hydrogen (secondary N) is 1. The average Bonchev–Trinajstić information content (AvgIpc) is 2.91. The van der Waals surface area contributed by atoms with Gasteiger partial charge in [0.2, 0.25) is 0 Å². The zero-order chi connectivity index (χ0) is 17.4. The smallest absolute Gasteiger partial charge is 0.456 e. The predicted molar refractivity (Wildman–Crippen MR) is 81.5 cm³/mol. The predicted octanol–water partition coefficient (Wildman–Crippen LogP) is 2.99. The van der Waals surface area contributed by atoms with Crippen molar-refractivity contribution in [1.82, 2.24) is 5.32 Å². The fourth-order valence-corrected chi connectivity index (χ4v) is 2.94. The Bertz CT molecular complexity index is 802. The molecule has 0 radical (unpaired) electrons. The third-order valence-corrected chi connectivity index (χ3v) is 4.10. The molecule has 0 aliphatic carbocycles. The van der Waals surface area contributed by atoms with Crippen LogP contribution in [0.25, 0.3) is 0 Å². The van der Waals surface area contributed by atoms with Gasteiger partial charge in [0.25, 0.3) is 0 Å². The van der Waals surface area contributed by atoms with E-state index < -0.39 is 23.9 Å². The van der Waals surface area contributed by atoms with E-state index in [1.807, 2.05) is 0 Å². The van der Waals surface area contributed by atoms with Gasteiger partial charge >= 0.3 is 12.1 Å². The molecule has 126 valence electrons. The van der Waals surface area contributed by atoms with Crippen molar-refractivity contribution in [2.75, 3.05) is 13.7 Å². The number of rotatable bonds is 2. The van der Waals surface area contributed by atoms with Crippen LogP contribution in [0.15, 0.2) is 40.9 Å². The number of hydrogen-bond donors (Lipinski definition) is 1. The molecular formula is C16H13ClFNO5. The summed E-state index contributed by atoms with van der Waals surface area (Å²) in [5.74, 6) is -2.22. The van der Waals surface area contributed by atoms with Crippen molar-refractivity contribution in [3.8, 4) is 0 Å². The molecule has 2 heterocycles. The van der Waals surface area contributed by atoms with Crippen LogP contribution in [0.3, 0.4) is 0 Å². The molecule has 0 bridgehead atoms. The third-order valence-electron chi connectivity index (χ3n) is 3.80. The molecule has 0 fully saturated rings. The number of hydrogen-bond acceptors (Lipinski definition) is 6. The van der Waals surface area contributed by atoms with E-state index in [0.29, 0.717) is 11.4 Å². The van der Waals surface area contributed by atoms with Crippen molar-refractivity contribution in [2.45, 2.75) is 12.8 Å². The number of cyclic esters (lactones) is 1. The Hall–Kier alpha value is -2.54. The van der Waals surface area contributed by atoms with Crippen molar-refractivity contribution in [3.05, 3.63) is 57.3 Å². The van der Waals surface area contributed by atoms with Gasteiger partial charge in [-0.25, -0.2) is 14.0 Å². The highest BCUT2D eigenvalue weighted by atomic mass is 35.5. The van der Waals surface area contributed by atoms with Crippen LogP contribution in [0.4, 0.5) is 9.18 Å². The molecule has 2 aliphatic heterocycles. The monoisotopic (exact) mass is 353 g/mol. The molecule has 1 unspecified atom stereocenters. The summed E-state index contributed by atoms with van der Waals surface area (Å²) in [6.07, 6.45) is -0.978. The molecule has 1 N–H and O–H groups in total. The maximum atomic E-state index is 14.6. The summed E-state index contributed by atoms with van der Waals surface area (Å²) in [5, 5.41) is 2.85. The van der Waals surface area contributed by atoms with E-state index in [-0.39, 0.29) is 28.5 Å². The number of dihydropyridines is 1. The molecular weight excluding hydrogens is 341 g/mol. The van der Waals surface area contributed by atoms with E-state index in [9.17, 15) is 14.0 Å². The van der Waals surface area contributed by atoms with Gasteiger partial charge in [0.1, 0.15) is 18.2 Å². The summed E-state index contributed by atoms with van der Waals surface area (Å²) in [5.41, 5.74) is 1.23. The van der Waals surface area contributed by atoms with E-state index in [2.05, 4.69) is 10.1 Å². The molecule has 0 saturated carbocycles. The molecule has 0 spiro atoms. The topological polar surface area (TPSA) is 73.9 Å². The van der Waals surface area contributed by atoms with E-state index >= 15 is 0 Å². The lowest BCUT2D eigenvalue weighted by molar-refractivity contribution is -0.136. The van der Waals surface area contributed by atoms with Crippen LogP contribution in [-0.4, -0.2) is 25.8 Å². The number of benzene rings is 1. The van der Waals surface area contributed by atoms with Gasteiger partial charge in [0, 0.05) is 5.56 Å². The van der Waals surface area contributed by atoms with Crippen molar-refractivity contribution >= 4 is 23.7 Å². The molecule has 1 aromatic rings. The second-order valence-corrected chi connectivity index (χ2v) is 5.62. The van der Waals surface area contributed by atoms with Crippen molar-refractivity contribution in [3.63, 3.8) is 0 Å². The number of ether oxygens (including phenoxy) is 3. The number of esters is 1. The fourth-order valence-electron chi connectivity index (χ4n) is 2.75. The second kappa shape index (κ2) is 6.16. The van der Waals surface area contributed by atoms with E-state index in [1.54, 1.807) is 13.0 Å². The van der Waals surface area contributed by atoms with Crippen molar-refractivity contribution < 1.29 is 28.2 Å². The van der Waals surface area contributed by atoms with E-state index in [1.165, 1.54) is 12.1 Å². The van der Waals surface area contributed by atoms with E-state index in [0.717, 1.165) is 7.11 Å². The Morgan fingerprint density at radius 1 is 1.46 bits per heavy atom. The standard InChI is InChI=1S/C16H13ClFNO5/c1-7-14(24-16(21)22-2)11(8-4-3-5-9(17)13(8)18)12-10(19-7)6-23-15(12)20/h3-5,11,19H,6H2,1-2H3. The minimum Gasteiger partial charge on any atom is -0.456 e. The number of allylic oxidation sites excluding steroid dienone is 2. The first-order valence-corrected chi connectivity index (χ1v) is 7.39. The lowest BCUT2D eigenvalue weighted by Crippen LogP contribution is -2.28. The zero-order valence-electron chi connectivity index (χ0n) is 12.8. The van der Waals surface area contributed by atoms with Gasteiger partial charge in [0.15, 0.2) is 0 Å². The highest BCUT2D eigenvalue weighted by Gasteiger charge is 2.42. The van der Waals surface area contributed by atoms with Crippen molar-refractivity contribution in [2.24, 2.45) is 0 Å². The summed E-state index contributed by atoms with van der Waals surface area (Å²) >= 11 is 5.86. The van der Waals surface area contributed by atoms with Gasteiger partial charge in [-0.05, 0) is 13.0 Å². The lowest BCUT2D eigenvalue weighted by Gasteiger charge is -2.27. The first-order valence-electron chi connectivity index (χ1n) is 7.01. The van der Waals surface area contributed by atoms with Crippen LogP contribution in [0, 0.1) is 5.82 Å². The van der Waals surface area contributed by atoms with Crippen LogP contribution in [0.2, 0.25) is 5.02 Å².